The second kappa shape index (κ2) is 58.3. The summed E-state index contributed by atoms with van der Waals surface area (Å²) in [6, 6.07) is 0. The van der Waals surface area contributed by atoms with Gasteiger partial charge in [0, 0.05) is 19.3 Å². The molecule has 6 heteroatoms. The van der Waals surface area contributed by atoms with Gasteiger partial charge in [0.15, 0.2) is 6.10 Å². The highest BCUT2D eigenvalue weighted by molar-refractivity contribution is 5.71. The normalized spacial score (nSPS) is 12.0. The molecule has 0 aliphatic heterocycles. The van der Waals surface area contributed by atoms with Crippen molar-refractivity contribution in [2.24, 2.45) is 5.92 Å². The van der Waals surface area contributed by atoms with E-state index in [9.17, 15) is 14.4 Å². The molecule has 0 aliphatic rings. The van der Waals surface area contributed by atoms with Crippen LogP contribution in [-0.2, 0) is 28.6 Å². The van der Waals surface area contributed by atoms with Crippen molar-refractivity contribution in [2.75, 3.05) is 13.2 Å². The highest BCUT2D eigenvalue weighted by Crippen LogP contribution is 2.19. The summed E-state index contributed by atoms with van der Waals surface area (Å²) in [5.74, 6) is 0.0220. The molecule has 1 atom stereocenters. The highest BCUT2D eigenvalue weighted by atomic mass is 16.6. The molecule has 0 rings (SSSR count). The number of carbonyl (C=O) groups excluding carboxylic acids is 3. The average Bonchev–Trinajstić information content (AvgIpc) is 3.35. The summed E-state index contributed by atoms with van der Waals surface area (Å²) < 4.78 is 17.0. The minimum atomic E-state index is -0.763. The van der Waals surface area contributed by atoms with Crippen LogP contribution in [0.25, 0.3) is 0 Å². The van der Waals surface area contributed by atoms with Crippen LogP contribution < -0.4 is 0 Å². The molecule has 416 valence electrons. The highest BCUT2D eigenvalue weighted by Gasteiger charge is 2.19. The Morgan fingerprint density at radius 2 is 0.471 bits per heavy atom. The van der Waals surface area contributed by atoms with Gasteiger partial charge in [-0.25, -0.2) is 0 Å². The van der Waals surface area contributed by atoms with Crippen LogP contribution in [0.15, 0.2) is 0 Å². The van der Waals surface area contributed by atoms with E-state index in [2.05, 4.69) is 27.7 Å². The topological polar surface area (TPSA) is 78.9 Å². The maximum Gasteiger partial charge on any atom is 0.306 e. The maximum absolute atomic E-state index is 12.9. The quantitative estimate of drug-likeness (QED) is 0.0343. The van der Waals surface area contributed by atoms with Crippen molar-refractivity contribution in [2.45, 2.75) is 374 Å². The molecule has 0 aliphatic carbocycles. The van der Waals surface area contributed by atoms with Gasteiger partial charge in [0.2, 0.25) is 0 Å². The van der Waals surface area contributed by atoms with E-state index in [0.717, 1.165) is 63.7 Å². The third kappa shape index (κ3) is 57.3. The number of ether oxygens (including phenoxy) is 3. The van der Waals surface area contributed by atoms with Gasteiger partial charge in [-0.05, 0) is 25.2 Å². The molecule has 0 bridgehead atoms. The monoisotopic (exact) mass is 989 g/mol. The molecule has 0 aromatic heterocycles. The molecule has 0 aromatic rings. The fraction of sp³-hybridized carbons (Fsp3) is 0.953. The summed E-state index contributed by atoms with van der Waals surface area (Å²) in [5.41, 5.74) is 0. The van der Waals surface area contributed by atoms with Crippen LogP contribution >= 0.6 is 0 Å². The lowest BCUT2D eigenvalue weighted by Gasteiger charge is -2.18. The predicted octanol–water partition coefficient (Wildman–Crippen LogP) is 21.4. The van der Waals surface area contributed by atoms with E-state index in [1.807, 2.05) is 0 Å². The number of hydrogen-bond donors (Lipinski definition) is 0. The molecule has 70 heavy (non-hydrogen) atoms. The minimum Gasteiger partial charge on any atom is -0.462 e. The largest absolute Gasteiger partial charge is 0.462 e. The van der Waals surface area contributed by atoms with Crippen molar-refractivity contribution >= 4 is 17.9 Å². The second-order valence-electron chi connectivity index (χ2n) is 22.5. The third-order valence-corrected chi connectivity index (χ3v) is 14.8. The molecule has 0 fully saturated rings. The molecular weight excluding hydrogens is 865 g/mol. The second-order valence-corrected chi connectivity index (χ2v) is 22.5. The summed E-state index contributed by atoms with van der Waals surface area (Å²) in [7, 11) is 0. The Morgan fingerprint density at radius 3 is 0.700 bits per heavy atom. The van der Waals surface area contributed by atoms with Crippen LogP contribution in [-0.4, -0.2) is 37.2 Å². The molecule has 0 amide bonds. The van der Waals surface area contributed by atoms with E-state index in [1.165, 1.54) is 263 Å². The third-order valence-electron chi connectivity index (χ3n) is 14.8. The van der Waals surface area contributed by atoms with Gasteiger partial charge < -0.3 is 14.2 Å². The molecule has 0 unspecified atom stereocenters. The number of carbonyl (C=O) groups is 3. The van der Waals surface area contributed by atoms with E-state index in [4.69, 9.17) is 14.2 Å². The Kier molecular flexibility index (Phi) is 57.0. The van der Waals surface area contributed by atoms with E-state index < -0.39 is 6.10 Å². The van der Waals surface area contributed by atoms with Gasteiger partial charge >= 0.3 is 17.9 Å². The molecule has 0 heterocycles. The Balaban J connectivity index is 4.28. The first-order valence-corrected chi connectivity index (χ1v) is 31.9. The van der Waals surface area contributed by atoms with Crippen molar-refractivity contribution < 1.29 is 28.6 Å². The van der Waals surface area contributed by atoms with Crippen molar-refractivity contribution in [1.29, 1.82) is 0 Å². The fourth-order valence-corrected chi connectivity index (χ4v) is 9.99. The zero-order valence-electron chi connectivity index (χ0n) is 48.0. The van der Waals surface area contributed by atoms with Crippen molar-refractivity contribution in [3.63, 3.8) is 0 Å². The molecular formula is C64H124O6. The summed E-state index contributed by atoms with van der Waals surface area (Å²) in [5, 5.41) is 0. The number of unbranched alkanes of at least 4 members (excludes halogenated alkanes) is 46. The lowest BCUT2D eigenvalue weighted by atomic mass is 10.0. The van der Waals surface area contributed by atoms with Crippen molar-refractivity contribution in [3.8, 4) is 0 Å². The molecule has 0 saturated carbocycles. The first-order valence-electron chi connectivity index (χ1n) is 31.9. The predicted molar refractivity (Wildman–Crippen MR) is 303 cm³/mol. The standard InChI is InChI=1S/C64H124O6/c1-5-7-9-11-13-15-17-19-21-23-24-28-33-37-41-45-49-53-57-64(67)70-61(58-68-62(65)55-51-47-43-39-35-31-27-22-20-18-16-14-12-10-8-6-2)59-69-63(66)56-52-48-44-40-36-32-29-25-26-30-34-38-42-46-50-54-60(3)4/h60-61H,5-59H2,1-4H3/t61-/m0/s1. The zero-order valence-corrected chi connectivity index (χ0v) is 48.0. The number of hydrogen-bond acceptors (Lipinski definition) is 6. The first-order chi connectivity index (χ1) is 34.4. The van der Waals surface area contributed by atoms with Gasteiger partial charge in [-0.3, -0.25) is 14.4 Å². The Bertz CT molecular complexity index is 1060. The smallest absolute Gasteiger partial charge is 0.306 e. The Hall–Kier alpha value is -1.59. The maximum atomic E-state index is 12.9. The number of rotatable bonds is 59. The summed E-state index contributed by atoms with van der Waals surface area (Å²) in [6.45, 7) is 9.10. The van der Waals surface area contributed by atoms with Crippen molar-refractivity contribution in [1.82, 2.24) is 0 Å². The van der Waals surface area contributed by atoms with Crippen LogP contribution in [0.2, 0.25) is 0 Å². The molecule has 0 saturated heterocycles. The SMILES string of the molecule is CCCCCCCCCCCCCCCCCCCCC(=O)O[C@@H](COC(=O)CCCCCCCCCCCCCCCCCC)COC(=O)CCCCCCCCCCCCCCCCCC(C)C. The van der Waals surface area contributed by atoms with E-state index in [0.29, 0.717) is 19.3 Å². The van der Waals surface area contributed by atoms with Crippen LogP contribution in [0.5, 0.6) is 0 Å². The Morgan fingerprint density at radius 1 is 0.271 bits per heavy atom. The molecule has 6 nitrogen and oxygen atoms in total. The van der Waals surface area contributed by atoms with E-state index >= 15 is 0 Å². The van der Waals surface area contributed by atoms with Crippen LogP contribution in [0, 0.1) is 5.92 Å². The van der Waals surface area contributed by atoms with Gasteiger partial charge in [0.25, 0.3) is 0 Å². The lowest BCUT2D eigenvalue weighted by Crippen LogP contribution is -2.30. The number of esters is 3. The summed E-state index contributed by atoms with van der Waals surface area (Å²) in [4.78, 5) is 38.3. The van der Waals surface area contributed by atoms with Gasteiger partial charge in [0.05, 0.1) is 0 Å². The lowest BCUT2D eigenvalue weighted by molar-refractivity contribution is -0.167. The fourth-order valence-electron chi connectivity index (χ4n) is 9.99. The zero-order chi connectivity index (χ0) is 50.9. The minimum absolute atomic E-state index is 0.0611. The summed E-state index contributed by atoms with van der Waals surface area (Å²) >= 11 is 0. The van der Waals surface area contributed by atoms with Gasteiger partial charge in [-0.15, -0.1) is 0 Å². The first kappa shape index (κ1) is 68.4. The van der Waals surface area contributed by atoms with E-state index in [-0.39, 0.29) is 31.1 Å². The van der Waals surface area contributed by atoms with Gasteiger partial charge in [-0.2, -0.15) is 0 Å². The molecule has 0 radical (unpaired) electrons. The van der Waals surface area contributed by atoms with Crippen molar-refractivity contribution in [3.05, 3.63) is 0 Å². The van der Waals surface area contributed by atoms with E-state index in [1.54, 1.807) is 0 Å². The summed E-state index contributed by atoms with van der Waals surface area (Å²) in [6.07, 6.45) is 65.3. The Labute approximate surface area is 438 Å². The molecule has 0 aromatic carbocycles. The molecule has 0 N–H and O–H groups in total. The van der Waals surface area contributed by atoms with Gasteiger partial charge in [-0.1, -0.05) is 329 Å². The molecule has 0 spiro atoms. The average molecular weight is 990 g/mol. The van der Waals surface area contributed by atoms with Crippen LogP contribution in [0.4, 0.5) is 0 Å². The van der Waals surface area contributed by atoms with Crippen LogP contribution in [0.3, 0.4) is 0 Å². The van der Waals surface area contributed by atoms with Gasteiger partial charge in [0.1, 0.15) is 13.2 Å². The van der Waals surface area contributed by atoms with Crippen LogP contribution in [0.1, 0.15) is 368 Å².